The minimum absolute atomic E-state index is 0.0647. The van der Waals surface area contributed by atoms with E-state index >= 15 is 0 Å². The lowest BCUT2D eigenvalue weighted by Gasteiger charge is -2.12. The van der Waals surface area contributed by atoms with E-state index in [0.717, 1.165) is 0 Å². The lowest BCUT2D eigenvalue weighted by atomic mass is 10.1. The standard InChI is InChI=1S/C20H15BrN2O6/c1-3-8-28-18-15(21)9-12(11-17(18)27-2)10-16-20(24)29-19(22-16)13-4-6-14(7-5-13)23(25)26/h3-7,9-11H,1,8H2,2H3/b16-10-. The minimum Gasteiger partial charge on any atom is -0.493 e. The molecule has 2 aromatic rings. The van der Waals surface area contributed by atoms with E-state index in [1.807, 2.05) is 0 Å². The van der Waals surface area contributed by atoms with E-state index < -0.39 is 10.9 Å². The Balaban J connectivity index is 1.91. The van der Waals surface area contributed by atoms with Crippen molar-refractivity contribution in [2.24, 2.45) is 4.99 Å². The Kier molecular flexibility index (Phi) is 6.08. The van der Waals surface area contributed by atoms with Crippen LogP contribution in [-0.2, 0) is 9.53 Å². The zero-order valence-corrected chi connectivity index (χ0v) is 16.8. The van der Waals surface area contributed by atoms with E-state index in [1.165, 1.54) is 31.4 Å². The summed E-state index contributed by atoms with van der Waals surface area (Å²) in [5.74, 6) is 0.436. The fraction of sp³-hybridized carbons (Fsp3) is 0.100. The van der Waals surface area contributed by atoms with Gasteiger partial charge >= 0.3 is 5.97 Å². The average molecular weight is 459 g/mol. The number of non-ortho nitro benzene ring substituents is 1. The number of rotatable bonds is 7. The summed E-state index contributed by atoms with van der Waals surface area (Å²) in [5.41, 5.74) is 1.12. The Morgan fingerprint density at radius 2 is 2.03 bits per heavy atom. The van der Waals surface area contributed by atoms with Gasteiger partial charge in [-0.05, 0) is 51.8 Å². The molecule has 2 aromatic carbocycles. The summed E-state index contributed by atoms with van der Waals surface area (Å²) in [5, 5.41) is 10.8. The molecule has 0 N–H and O–H groups in total. The van der Waals surface area contributed by atoms with Crippen LogP contribution in [0.15, 0.2) is 64.2 Å². The highest BCUT2D eigenvalue weighted by molar-refractivity contribution is 9.10. The lowest BCUT2D eigenvalue weighted by Crippen LogP contribution is -2.05. The zero-order valence-electron chi connectivity index (χ0n) is 15.3. The van der Waals surface area contributed by atoms with Crippen LogP contribution in [0, 0.1) is 10.1 Å². The van der Waals surface area contributed by atoms with Gasteiger partial charge in [0.2, 0.25) is 5.90 Å². The number of carbonyl (C=O) groups is 1. The second-order valence-corrected chi connectivity index (χ2v) is 6.63. The van der Waals surface area contributed by atoms with Crippen LogP contribution in [0.5, 0.6) is 11.5 Å². The van der Waals surface area contributed by atoms with Crippen molar-refractivity contribution >= 4 is 39.6 Å². The van der Waals surface area contributed by atoms with Crippen LogP contribution >= 0.6 is 15.9 Å². The molecule has 0 atom stereocenters. The first-order valence-corrected chi connectivity index (χ1v) is 9.11. The normalized spacial score (nSPS) is 14.3. The van der Waals surface area contributed by atoms with Crippen molar-refractivity contribution < 1.29 is 23.9 Å². The van der Waals surface area contributed by atoms with Gasteiger partial charge < -0.3 is 14.2 Å². The highest BCUT2D eigenvalue weighted by atomic mass is 79.9. The number of ether oxygens (including phenoxy) is 3. The Labute approximate surface area is 174 Å². The van der Waals surface area contributed by atoms with Crippen LogP contribution in [0.25, 0.3) is 6.08 Å². The van der Waals surface area contributed by atoms with E-state index in [4.69, 9.17) is 14.2 Å². The number of nitro groups is 1. The van der Waals surface area contributed by atoms with Crippen LogP contribution in [0.3, 0.4) is 0 Å². The maximum Gasteiger partial charge on any atom is 0.363 e. The Bertz CT molecular complexity index is 1040. The first-order valence-electron chi connectivity index (χ1n) is 8.31. The molecule has 29 heavy (non-hydrogen) atoms. The number of benzene rings is 2. The maximum atomic E-state index is 12.2. The number of hydrogen-bond acceptors (Lipinski definition) is 7. The summed E-state index contributed by atoms with van der Waals surface area (Å²) in [7, 11) is 1.51. The van der Waals surface area contributed by atoms with Gasteiger partial charge in [0.1, 0.15) is 6.61 Å². The number of esters is 1. The molecule has 0 aromatic heterocycles. The predicted molar refractivity (Wildman–Crippen MR) is 110 cm³/mol. The molecular formula is C20H15BrN2O6. The molecule has 3 rings (SSSR count). The SMILES string of the molecule is C=CCOc1c(Br)cc(/C=C2\N=C(c3ccc([N+](=O)[O-])cc3)OC2=O)cc1OC. The molecule has 1 aliphatic rings. The summed E-state index contributed by atoms with van der Waals surface area (Å²) in [6, 6.07) is 9.02. The number of nitro benzene ring substituents is 1. The number of halogens is 1. The van der Waals surface area contributed by atoms with Crippen molar-refractivity contribution in [3.8, 4) is 11.5 Å². The molecule has 1 aliphatic heterocycles. The second kappa shape index (κ2) is 8.70. The van der Waals surface area contributed by atoms with Crippen LogP contribution in [0.2, 0.25) is 0 Å². The molecule has 8 nitrogen and oxygen atoms in total. The number of aliphatic imine (C=N–C) groups is 1. The minimum atomic E-state index is -0.625. The molecule has 9 heteroatoms. The molecule has 0 aliphatic carbocycles. The largest absolute Gasteiger partial charge is 0.493 e. The van der Waals surface area contributed by atoms with Gasteiger partial charge in [0.05, 0.1) is 16.5 Å². The first kappa shape index (κ1) is 20.3. The first-order chi connectivity index (χ1) is 13.9. The average Bonchev–Trinajstić information content (AvgIpc) is 3.07. The van der Waals surface area contributed by atoms with Crippen molar-refractivity contribution in [2.45, 2.75) is 0 Å². The van der Waals surface area contributed by atoms with Crippen LogP contribution < -0.4 is 9.47 Å². The maximum absolute atomic E-state index is 12.2. The van der Waals surface area contributed by atoms with E-state index in [1.54, 1.807) is 24.3 Å². The summed E-state index contributed by atoms with van der Waals surface area (Å²) in [6.45, 7) is 3.92. The summed E-state index contributed by atoms with van der Waals surface area (Å²) in [6.07, 6.45) is 3.16. The summed E-state index contributed by atoms with van der Waals surface area (Å²) in [4.78, 5) is 26.6. The van der Waals surface area contributed by atoms with Gasteiger partial charge in [-0.1, -0.05) is 12.7 Å². The molecule has 0 amide bonds. The van der Waals surface area contributed by atoms with E-state index in [0.29, 0.717) is 33.7 Å². The Hall–Kier alpha value is -3.46. The topological polar surface area (TPSA) is 100 Å². The fourth-order valence-corrected chi connectivity index (χ4v) is 3.10. The number of hydrogen-bond donors (Lipinski definition) is 0. The molecule has 1 heterocycles. The van der Waals surface area contributed by atoms with E-state index in [9.17, 15) is 14.9 Å². The molecule has 0 bridgehead atoms. The highest BCUT2D eigenvalue weighted by Crippen LogP contribution is 2.37. The molecule has 0 spiro atoms. The quantitative estimate of drug-likeness (QED) is 0.202. The van der Waals surface area contributed by atoms with Crippen LogP contribution in [0.4, 0.5) is 5.69 Å². The lowest BCUT2D eigenvalue weighted by molar-refractivity contribution is -0.384. The van der Waals surface area contributed by atoms with Crippen LogP contribution in [0.1, 0.15) is 11.1 Å². The molecule has 0 fully saturated rings. The van der Waals surface area contributed by atoms with E-state index in [-0.39, 0.29) is 17.3 Å². The Morgan fingerprint density at radius 1 is 1.31 bits per heavy atom. The number of methoxy groups -OCH3 is 1. The molecule has 0 saturated heterocycles. The third-order valence-electron chi connectivity index (χ3n) is 3.85. The third-order valence-corrected chi connectivity index (χ3v) is 4.44. The van der Waals surface area contributed by atoms with Gasteiger partial charge in [0.15, 0.2) is 17.2 Å². The summed E-state index contributed by atoms with van der Waals surface area (Å²) < 4.78 is 16.8. The van der Waals surface area contributed by atoms with Gasteiger partial charge in [-0.3, -0.25) is 10.1 Å². The summed E-state index contributed by atoms with van der Waals surface area (Å²) >= 11 is 3.42. The van der Waals surface area contributed by atoms with Gasteiger partial charge in [0, 0.05) is 17.7 Å². The second-order valence-electron chi connectivity index (χ2n) is 5.77. The number of carbonyl (C=O) groups excluding carboxylic acids is 1. The van der Waals surface area contributed by atoms with Gasteiger partial charge in [-0.2, -0.15) is 0 Å². The van der Waals surface area contributed by atoms with Gasteiger partial charge in [-0.25, -0.2) is 9.79 Å². The molecule has 0 saturated carbocycles. The molecule has 148 valence electrons. The smallest absolute Gasteiger partial charge is 0.363 e. The Morgan fingerprint density at radius 3 is 2.66 bits per heavy atom. The predicted octanol–water partition coefficient (Wildman–Crippen LogP) is 4.28. The van der Waals surface area contributed by atoms with Crippen molar-refractivity contribution in [2.75, 3.05) is 13.7 Å². The highest BCUT2D eigenvalue weighted by Gasteiger charge is 2.25. The monoisotopic (exact) mass is 458 g/mol. The number of nitrogens with zero attached hydrogens (tertiary/aromatic N) is 2. The van der Waals surface area contributed by atoms with Crippen LogP contribution in [-0.4, -0.2) is 30.5 Å². The van der Waals surface area contributed by atoms with Crippen molar-refractivity contribution in [3.63, 3.8) is 0 Å². The molecular weight excluding hydrogens is 444 g/mol. The fourth-order valence-electron chi connectivity index (χ4n) is 2.52. The van der Waals surface area contributed by atoms with E-state index in [2.05, 4.69) is 27.5 Å². The van der Waals surface area contributed by atoms with Gasteiger partial charge in [-0.15, -0.1) is 0 Å². The third kappa shape index (κ3) is 4.52. The van der Waals surface area contributed by atoms with Gasteiger partial charge in [0.25, 0.3) is 5.69 Å². The van der Waals surface area contributed by atoms with Crippen molar-refractivity contribution in [3.05, 3.63) is 80.5 Å². The van der Waals surface area contributed by atoms with Crippen molar-refractivity contribution in [1.82, 2.24) is 0 Å². The molecule has 0 radical (unpaired) electrons. The molecule has 0 unspecified atom stereocenters. The number of cyclic esters (lactones) is 1. The zero-order chi connectivity index (χ0) is 21.0. The van der Waals surface area contributed by atoms with Crippen molar-refractivity contribution in [1.29, 1.82) is 0 Å².